The number of rotatable bonds is 4. The summed E-state index contributed by atoms with van der Waals surface area (Å²) in [4.78, 5) is 44.7. The Morgan fingerprint density at radius 2 is 1.90 bits per heavy atom. The normalized spacial score (nSPS) is 15.1. The highest BCUT2D eigenvalue weighted by Crippen LogP contribution is 2.30. The van der Waals surface area contributed by atoms with E-state index in [0.717, 1.165) is 11.3 Å². The number of halogens is 1. The number of carbonyl (C=O) groups excluding carboxylic acids is 2. The fourth-order valence-electron chi connectivity index (χ4n) is 3.22. The van der Waals surface area contributed by atoms with Crippen LogP contribution in [0.15, 0.2) is 53.3 Å². The average Bonchev–Trinajstić information content (AvgIpc) is 2.69. The number of hydrogen-bond donors (Lipinski definition) is 4. The van der Waals surface area contributed by atoms with Gasteiger partial charge in [0.25, 0.3) is 5.56 Å². The van der Waals surface area contributed by atoms with Gasteiger partial charge in [-0.25, -0.2) is 0 Å². The summed E-state index contributed by atoms with van der Waals surface area (Å²) >= 11 is 5.95. The Morgan fingerprint density at radius 3 is 2.63 bits per heavy atom. The van der Waals surface area contributed by atoms with E-state index in [1.54, 1.807) is 24.3 Å². The number of aromatic amines is 1. The van der Waals surface area contributed by atoms with Gasteiger partial charge in [0.1, 0.15) is 5.82 Å². The van der Waals surface area contributed by atoms with E-state index < -0.39 is 23.3 Å². The van der Waals surface area contributed by atoms with Crippen molar-refractivity contribution < 1.29 is 9.59 Å². The highest BCUT2D eigenvalue weighted by atomic mass is 35.5. The topological polar surface area (TPSA) is 116 Å². The fourth-order valence-corrected chi connectivity index (χ4v) is 3.41. The third-order valence-corrected chi connectivity index (χ3v) is 4.91. The van der Waals surface area contributed by atoms with Crippen molar-refractivity contribution in [3.05, 3.63) is 75.0 Å². The molecule has 0 aliphatic carbocycles. The summed E-state index contributed by atoms with van der Waals surface area (Å²) in [6, 6.07) is 14.1. The van der Waals surface area contributed by atoms with Gasteiger partial charge in [0.05, 0.1) is 11.5 Å². The monoisotopic (exact) mass is 423 g/mol. The molecule has 2 aromatic carbocycles. The molecule has 3 aromatic rings. The van der Waals surface area contributed by atoms with E-state index in [1.807, 2.05) is 31.2 Å². The highest BCUT2D eigenvalue weighted by Gasteiger charge is 2.34. The molecular formula is C21H18ClN5O3. The van der Waals surface area contributed by atoms with Crippen LogP contribution < -0.4 is 21.5 Å². The van der Waals surface area contributed by atoms with Crippen molar-refractivity contribution >= 4 is 46.6 Å². The number of amides is 2. The van der Waals surface area contributed by atoms with Gasteiger partial charge >= 0.3 is 0 Å². The Labute approximate surface area is 176 Å². The summed E-state index contributed by atoms with van der Waals surface area (Å²) in [5, 5.41) is 8.74. The van der Waals surface area contributed by atoms with Crippen LogP contribution >= 0.6 is 11.6 Å². The van der Waals surface area contributed by atoms with Crippen molar-refractivity contribution in [2.75, 3.05) is 16.0 Å². The van der Waals surface area contributed by atoms with Crippen LogP contribution in [0.1, 0.15) is 23.5 Å². The number of aryl methyl sites for hydroxylation is 1. The second-order valence-corrected chi connectivity index (χ2v) is 7.41. The Balaban J connectivity index is 1.63. The molecule has 152 valence electrons. The van der Waals surface area contributed by atoms with Crippen LogP contribution in [0.25, 0.3) is 0 Å². The molecule has 4 N–H and O–H groups in total. The fraction of sp³-hybridized carbons (Fsp3) is 0.143. The first-order valence-corrected chi connectivity index (χ1v) is 9.61. The number of H-pyrrole nitrogens is 1. The Kier molecular flexibility index (Phi) is 5.24. The number of fused-ring (bicyclic) bond motifs is 1. The lowest BCUT2D eigenvalue weighted by Gasteiger charge is -2.23. The molecule has 1 unspecified atom stereocenters. The lowest BCUT2D eigenvalue weighted by Crippen LogP contribution is -2.36. The molecular weight excluding hydrogens is 406 g/mol. The molecule has 9 heteroatoms. The van der Waals surface area contributed by atoms with Gasteiger partial charge in [-0.05, 0) is 37.3 Å². The minimum atomic E-state index is -0.975. The lowest BCUT2D eigenvalue weighted by atomic mass is 9.92. The zero-order valence-electron chi connectivity index (χ0n) is 16.0. The third-order valence-electron chi connectivity index (χ3n) is 4.67. The minimum absolute atomic E-state index is 0.0656. The quantitative estimate of drug-likeness (QED) is 0.512. The second-order valence-electron chi connectivity index (χ2n) is 6.97. The van der Waals surface area contributed by atoms with E-state index in [2.05, 4.69) is 25.9 Å². The maximum Gasteiger partial charge on any atom is 0.258 e. The van der Waals surface area contributed by atoms with E-state index in [4.69, 9.17) is 11.6 Å². The molecule has 0 spiro atoms. The van der Waals surface area contributed by atoms with Crippen molar-refractivity contribution in [2.24, 2.45) is 0 Å². The van der Waals surface area contributed by atoms with Gasteiger partial charge < -0.3 is 16.0 Å². The molecule has 8 nitrogen and oxygen atoms in total. The van der Waals surface area contributed by atoms with Crippen molar-refractivity contribution in [1.82, 2.24) is 9.97 Å². The first-order chi connectivity index (χ1) is 14.4. The van der Waals surface area contributed by atoms with E-state index >= 15 is 0 Å². The number of carbonyl (C=O) groups is 2. The number of aromatic nitrogens is 2. The van der Waals surface area contributed by atoms with Crippen LogP contribution in [0.2, 0.25) is 5.02 Å². The SMILES string of the molecule is Cc1ccc(Nc2nc3c(c(=O)[nH]2)C(C(=O)Nc2cccc(Cl)c2)CC(=O)N3)cc1. The highest BCUT2D eigenvalue weighted by molar-refractivity contribution is 6.30. The minimum Gasteiger partial charge on any atom is -0.326 e. The summed E-state index contributed by atoms with van der Waals surface area (Å²) in [6.45, 7) is 1.97. The first kappa shape index (κ1) is 19.7. The standard InChI is InChI=1S/C21H18ClN5O3/c1-11-5-7-13(8-6-11)24-21-26-18-17(20(30)27-21)15(10-16(28)25-18)19(29)23-14-4-2-3-12(22)9-14/h2-9,15H,10H2,1H3,(H,23,29)(H3,24,25,26,27,28,30). The predicted molar refractivity (Wildman–Crippen MR) is 115 cm³/mol. The maximum atomic E-state index is 12.8. The van der Waals surface area contributed by atoms with Gasteiger partial charge in [0.2, 0.25) is 17.8 Å². The molecule has 0 radical (unpaired) electrons. The van der Waals surface area contributed by atoms with Crippen LogP contribution in [-0.4, -0.2) is 21.8 Å². The molecule has 2 heterocycles. The van der Waals surface area contributed by atoms with Crippen LogP contribution in [0.4, 0.5) is 23.1 Å². The summed E-state index contributed by atoms with van der Waals surface area (Å²) < 4.78 is 0. The lowest BCUT2D eigenvalue weighted by molar-refractivity contribution is -0.123. The van der Waals surface area contributed by atoms with E-state index in [1.165, 1.54) is 0 Å². The van der Waals surface area contributed by atoms with Gasteiger partial charge in [0.15, 0.2) is 0 Å². The number of nitrogens with zero attached hydrogens (tertiary/aromatic N) is 1. The van der Waals surface area contributed by atoms with Crippen LogP contribution in [-0.2, 0) is 9.59 Å². The molecule has 0 saturated heterocycles. The van der Waals surface area contributed by atoms with Crippen molar-refractivity contribution in [3.8, 4) is 0 Å². The zero-order valence-corrected chi connectivity index (χ0v) is 16.7. The van der Waals surface area contributed by atoms with Gasteiger partial charge in [-0.2, -0.15) is 4.98 Å². The second kappa shape index (κ2) is 8.00. The molecule has 1 aliphatic heterocycles. The average molecular weight is 424 g/mol. The third kappa shape index (κ3) is 4.18. The number of nitrogens with one attached hydrogen (secondary N) is 4. The van der Waals surface area contributed by atoms with Crippen LogP contribution in [0.3, 0.4) is 0 Å². The predicted octanol–water partition coefficient (Wildman–Crippen LogP) is 3.54. The molecule has 2 amide bonds. The Morgan fingerprint density at radius 1 is 1.13 bits per heavy atom. The number of hydrogen-bond acceptors (Lipinski definition) is 5. The summed E-state index contributed by atoms with van der Waals surface area (Å²) in [7, 11) is 0. The Hall–Kier alpha value is -3.65. The maximum absolute atomic E-state index is 12.8. The summed E-state index contributed by atoms with van der Waals surface area (Å²) in [5.41, 5.74) is 1.90. The molecule has 0 bridgehead atoms. The van der Waals surface area contributed by atoms with E-state index in [9.17, 15) is 14.4 Å². The molecule has 0 fully saturated rings. The molecule has 1 atom stereocenters. The van der Waals surface area contributed by atoms with Gasteiger partial charge in [-0.3, -0.25) is 19.4 Å². The van der Waals surface area contributed by atoms with Crippen LogP contribution in [0.5, 0.6) is 0 Å². The molecule has 0 saturated carbocycles. The van der Waals surface area contributed by atoms with E-state index in [-0.39, 0.29) is 23.8 Å². The van der Waals surface area contributed by atoms with E-state index in [0.29, 0.717) is 10.7 Å². The van der Waals surface area contributed by atoms with Crippen molar-refractivity contribution in [2.45, 2.75) is 19.3 Å². The number of anilines is 4. The van der Waals surface area contributed by atoms with Crippen LogP contribution in [0, 0.1) is 6.92 Å². The molecule has 4 rings (SSSR count). The van der Waals surface area contributed by atoms with Gasteiger partial charge in [-0.15, -0.1) is 0 Å². The first-order valence-electron chi connectivity index (χ1n) is 9.23. The van der Waals surface area contributed by atoms with Crippen molar-refractivity contribution in [1.29, 1.82) is 0 Å². The summed E-state index contributed by atoms with van der Waals surface area (Å²) in [5.74, 6) is -1.62. The largest absolute Gasteiger partial charge is 0.326 e. The van der Waals surface area contributed by atoms with Gasteiger partial charge in [-0.1, -0.05) is 35.4 Å². The smallest absolute Gasteiger partial charge is 0.258 e. The molecule has 1 aromatic heterocycles. The molecule has 1 aliphatic rings. The number of benzene rings is 2. The zero-order chi connectivity index (χ0) is 21.3. The van der Waals surface area contributed by atoms with Gasteiger partial charge in [0, 0.05) is 22.8 Å². The van der Waals surface area contributed by atoms with Crippen molar-refractivity contribution in [3.63, 3.8) is 0 Å². The summed E-state index contributed by atoms with van der Waals surface area (Å²) in [6.07, 6.45) is -0.158. The molecule has 30 heavy (non-hydrogen) atoms. The Bertz CT molecular complexity index is 1190.